The van der Waals surface area contributed by atoms with E-state index in [1.54, 1.807) is 35.2 Å². The molecule has 1 heterocycles. The topological polar surface area (TPSA) is 73.5 Å². The Morgan fingerprint density at radius 2 is 1.87 bits per heavy atom. The average molecular weight is 421 g/mol. The quantitative estimate of drug-likeness (QED) is 0.539. The van der Waals surface area contributed by atoms with E-state index in [4.69, 9.17) is 11.6 Å². The summed E-state index contributed by atoms with van der Waals surface area (Å²) in [6, 6.07) is 22.2. The summed E-state index contributed by atoms with van der Waals surface area (Å²) in [5, 5.41) is 9.43. The number of amides is 3. The monoisotopic (exact) mass is 420 g/mol. The van der Waals surface area contributed by atoms with Crippen molar-refractivity contribution in [1.29, 1.82) is 0 Å². The maximum Gasteiger partial charge on any atom is 0.321 e. The molecule has 1 aliphatic heterocycles. The summed E-state index contributed by atoms with van der Waals surface area (Å²) in [4.78, 5) is 26.1. The number of hydrogen-bond donors (Lipinski definition) is 3. The van der Waals surface area contributed by atoms with Gasteiger partial charge in [-0.05, 0) is 42.0 Å². The molecule has 0 saturated carbocycles. The Labute approximate surface area is 179 Å². The minimum absolute atomic E-state index is 0.155. The van der Waals surface area contributed by atoms with Crippen LogP contribution in [-0.4, -0.2) is 25.0 Å². The van der Waals surface area contributed by atoms with Gasteiger partial charge in [0.25, 0.3) is 5.91 Å². The number of carbonyl (C=O) groups is 2. The van der Waals surface area contributed by atoms with Crippen LogP contribution in [0.4, 0.5) is 21.9 Å². The van der Waals surface area contributed by atoms with E-state index in [-0.39, 0.29) is 11.9 Å². The first kappa shape index (κ1) is 19.8. The number of rotatable bonds is 6. The lowest BCUT2D eigenvalue weighted by Crippen LogP contribution is -2.27. The summed E-state index contributed by atoms with van der Waals surface area (Å²) in [5.74, 6) is -0.266. The third-order valence-corrected chi connectivity index (χ3v) is 5.14. The predicted octanol–water partition coefficient (Wildman–Crippen LogP) is 4.73. The van der Waals surface area contributed by atoms with Crippen molar-refractivity contribution in [3.8, 4) is 0 Å². The molecule has 4 rings (SSSR count). The molecule has 1 saturated heterocycles. The molecule has 0 atom stereocenters. The molecule has 3 aromatic carbocycles. The van der Waals surface area contributed by atoms with Crippen LogP contribution in [0.15, 0.2) is 72.8 Å². The third kappa shape index (κ3) is 4.55. The Morgan fingerprint density at radius 1 is 1.03 bits per heavy atom. The number of halogens is 1. The normalized spacial score (nSPS) is 13.1. The Kier molecular flexibility index (Phi) is 5.86. The Hall–Kier alpha value is -3.51. The van der Waals surface area contributed by atoms with E-state index < -0.39 is 0 Å². The summed E-state index contributed by atoms with van der Waals surface area (Å²) >= 11 is 6.39. The molecule has 0 aliphatic carbocycles. The third-order valence-electron chi connectivity index (χ3n) is 4.83. The molecule has 0 unspecified atom stereocenters. The standard InChI is InChI=1S/C23H21ClN4O2/c24-20-14-18(9-10-21(20)26-15-16-5-2-1-3-6-16)27-22(29)17-7-4-8-19(13-17)28-12-11-25-23(28)30/h1-10,13-14,26H,11-12,15H2,(H,25,30)(H,27,29). The molecule has 1 aliphatic rings. The molecule has 0 spiro atoms. The van der Waals surface area contributed by atoms with Crippen molar-refractivity contribution in [1.82, 2.24) is 5.32 Å². The van der Waals surface area contributed by atoms with Crippen molar-refractivity contribution in [2.75, 3.05) is 28.6 Å². The van der Waals surface area contributed by atoms with E-state index in [1.807, 2.05) is 42.5 Å². The molecule has 6 nitrogen and oxygen atoms in total. The fourth-order valence-corrected chi connectivity index (χ4v) is 3.51. The molecule has 3 aromatic rings. The second-order valence-corrected chi connectivity index (χ2v) is 7.33. The zero-order valence-electron chi connectivity index (χ0n) is 16.2. The number of benzene rings is 3. The minimum Gasteiger partial charge on any atom is -0.380 e. The maximum atomic E-state index is 12.7. The van der Waals surface area contributed by atoms with Crippen LogP contribution < -0.4 is 20.9 Å². The van der Waals surface area contributed by atoms with E-state index in [0.717, 1.165) is 11.3 Å². The number of nitrogens with zero attached hydrogens (tertiary/aromatic N) is 1. The molecule has 1 fully saturated rings. The molecule has 3 amide bonds. The van der Waals surface area contributed by atoms with Gasteiger partial charge in [-0.3, -0.25) is 9.69 Å². The number of carbonyl (C=O) groups excluding carboxylic acids is 2. The summed E-state index contributed by atoms with van der Waals surface area (Å²) in [7, 11) is 0. The molecule has 30 heavy (non-hydrogen) atoms. The van der Waals surface area contributed by atoms with Crippen LogP contribution in [0, 0.1) is 0 Å². The van der Waals surface area contributed by atoms with Gasteiger partial charge in [-0.15, -0.1) is 0 Å². The van der Waals surface area contributed by atoms with Crippen molar-refractivity contribution in [3.05, 3.63) is 88.9 Å². The van der Waals surface area contributed by atoms with E-state index in [9.17, 15) is 9.59 Å². The SMILES string of the molecule is O=C(Nc1ccc(NCc2ccccc2)c(Cl)c1)c1cccc(N2CCNC2=O)c1. The maximum absolute atomic E-state index is 12.7. The van der Waals surface area contributed by atoms with Crippen LogP contribution >= 0.6 is 11.6 Å². The number of anilines is 3. The number of nitrogens with one attached hydrogen (secondary N) is 3. The molecular formula is C23H21ClN4O2. The highest BCUT2D eigenvalue weighted by molar-refractivity contribution is 6.33. The van der Waals surface area contributed by atoms with Crippen molar-refractivity contribution in [2.45, 2.75) is 6.54 Å². The fraction of sp³-hybridized carbons (Fsp3) is 0.130. The van der Waals surface area contributed by atoms with Gasteiger partial charge in [-0.2, -0.15) is 0 Å². The molecule has 7 heteroatoms. The van der Waals surface area contributed by atoms with Crippen molar-refractivity contribution in [3.63, 3.8) is 0 Å². The highest BCUT2D eigenvalue weighted by Gasteiger charge is 2.21. The minimum atomic E-state index is -0.266. The highest BCUT2D eigenvalue weighted by Crippen LogP contribution is 2.27. The first-order chi connectivity index (χ1) is 14.6. The molecule has 0 aromatic heterocycles. The molecular weight excluding hydrogens is 400 g/mol. The van der Waals surface area contributed by atoms with Gasteiger partial charge in [-0.25, -0.2) is 4.79 Å². The van der Waals surface area contributed by atoms with Crippen LogP contribution in [0.3, 0.4) is 0 Å². The van der Waals surface area contributed by atoms with Crippen LogP contribution in [0.5, 0.6) is 0 Å². The van der Waals surface area contributed by atoms with Gasteiger partial charge in [-0.1, -0.05) is 48.0 Å². The molecule has 3 N–H and O–H groups in total. The Balaban J connectivity index is 1.42. The zero-order valence-corrected chi connectivity index (χ0v) is 16.9. The number of hydrogen-bond acceptors (Lipinski definition) is 3. The van der Waals surface area contributed by atoms with Crippen LogP contribution in [0.25, 0.3) is 0 Å². The van der Waals surface area contributed by atoms with Gasteiger partial charge in [0.2, 0.25) is 0 Å². The summed E-state index contributed by atoms with van der Waals surface area (Å²) in [6.07, 6.45) is 0. The zero-order chi connectivity index (χ0) is 20.9. The van der Waals surface area contributed by atoms with Crippen LogP contribution in [0.1, 0.15) is 15.9 Å². The first-order valence-corrected chi connectivity index (χ1v) is 10.0. The van der Waals surface area contributed by atoms with E-state index >= 15 is 0 Å². The fourth-order valence-electron chi connectivity index (χ4n) is 3.27. The summed E-state index contributed by atoms with van der Waals surface area (Å²) < 4.78 is 0. The van der Waals surface area contributed by atoms with E-state index in [0.29, 0.717) is 41.6 Å². The first-order valence-electron chi connectivity index (χ1n) is 9.64. The lowest BCUT2D eigenvalue weighted by molar-refractivity contribution is 0.102. The van der Waals surface area contributed by atoms with Gasteiger partial charge in [0.1, 0.15) is 0 Å². The smallest absolute Gasteiger partial charge is 0.321 e. The van der Waals surface area contributed by atoms with Gasteiger partial charge in [0, 0.05) is 36.6 Å². The second kappa shape index (κ2) is 8.88. The Morgan fingerprint density at radius 3 is 2.60 bits per heavy atom. The largest absolute Gasteiger partial charge is 0.380 e. The van der Waals surface area contributed by atoms with Gasteiger partial charge < -0.3 is 16.0 Å². The van der Waals surface area contributed by atoms with Crippen molar-refractivity contribution < 1.29 is 9.59 Å². The Bertz CT molecular complexity index is 1070. The molecule has 0 bridgehead atoms. The van der Waals surface area contributed by atoms with Crippen molar-refractivity contribution >= 4 is 40.6 Å². The van der Waals surface area contributed by atoms with E-state index in [2.05, 4.69) is 16.0 Å². The van der Waals surface area contributed by atoms with Gasteiger partial charge in [0.15, 0.2) is 0 Å². The second-order valence-electron chi connectivity index (χ2n) is 6.92. The van der Waals surface area contributed by atoms with Gasteiger partial charge >= 0.3 is 6.03 Å². The van der Waals surface area contributed by atoms with Crippen molar-refractivity contribution in [2.24, 2.45) is 0 Å². The lowest BCUT2D eigenvalue weighted by Gasteiger charge is -2.15. The predicted molar refractivity (Wildman–Crippen MR) is 120 cm³/mol. The number of urea groups is 1. The van der Waals surface area contributed by atoms with Gasteiger partial charge in [0.05, 0.1) is 10.7 Å². The summed E-state index contributed by atoms with van der Waals surface area (Å²) in [6.45, 7) is 1.83. The van der Waals surface area contributed by atoms with Crippen LogP contribution in [-0.2, 0) is 6.54 Å². The molecule has 0 radical (unpaired) electrons. The van der Waals surface area contributed by atoms with E-state index in [1.165, 1.54) is 0 Å². The molecule has 152 valence electrons. The van der Waals surface area contributed by atoms with Crippen LogP contribution in [0.2, 0.25) is 5.02 Å². The highest BCUT2D eigenvalue weighted by atomic mass is 35.5. The lowest BCUT2D eigenvalue weighted by atomic mass is 10.1. The average Bonchev–Trinajstić information content (AvgIpc) is 3.20. The summed E-state index contributed by atoms with van der Waals surface area (Å²) in [5.41, 5.74) is 3.70.